The fourth-order valence-electron chi connectivity index (χ4n) is 1.07. The summed E-state index contributed by atoms with van der Waals surface area (Å²) < 4.78 is 5.86. The Hall–Kier alpha value is -0.740. The van der Waals surface area contributed by atoms with Crippen LogP contribution in [0.25, 0.3) is 0 Å². The standard InChI is InChI=1S/C11H13BrClNO2/c1-11(2,3)16-10(15)6-4-8(13)7(12)5-9(6)14/h4-5H,14H2,1-3H3. The number of carbonyl (C=O) groups is 1. The molecule has 5 heteroatoms. The third-order valence-corrected chi connectivity index (χ3v) is 2.91. The summed E-state index contributed by atoms with van der Waals surface area (Å²) in [5.74, 6) is -0.473. The summed E-state index contributed by atoms with van der Waals surface area (Å²) >= 11 is 9.12. The molecule has 0 radical (unpaired) electrons. The Kier molecular flexibility index (Phi) is 3.86. The predicted molar refractivity (Wildman–Crippen MR) is 68.7 cm³/mol. The molecule has 0 aliphatic heterocycles. The second-order valence-electron chi connectivity index (χ2n) is 4.36. The lowest BCUT2D eigenvalue weighted by molar-refractivity contribution is 0.00708. The van der Waals surface area contributed by atoms with E-state index in [1.165, 1.54) is 6.07 Å². The van der Waals surface area contributed by atoms with Crippen molar-refractivity contribution in [3.63, 3.8) is 0 Å². The summed E-state index contributed by atoms with van der Waals surface area (Å²) in [5.41, 5.74) is 5.79. The lowest BCUT2D eigenvalue weighted by Crippen LogP contribution is -2.24. The van der Waals surface area contributed by atoms with E-state index >= 15 is 0 Å². The molecule has 88 valence electrons. The molecular weight excluding hydrogens is 293 g/mol. The number of anilines is 1. The Labute approximate surface area is 108 Å². The minimum atomic E-state index is -0.553. The van der Waals surface area contributed by atoms with Crippen LogP contribution < -0.4 is 5.73 Å². The summed E-state index contributed by atoms with van der Waals surface area (Å²) in [4.78, 5) is 11.8. The first-order valence-corrected chi connectivity index (χ1v) is 5.85. The maximum absolute atomic E-state index is 11.8. The molecule has 0 unspecified atom stereocenters. The first-order valence-electron chi connectivity index (χ1n) is 4.68. The van der Waals surface area contributed by atoms with Gasteiger partial charge in [0.15, 0.2) is 0 Å². The van der Waals surface area contributed by atoms with E-state index in [1.54, 1.807) is 26.8 Å². The van der Waals surface area contributed by atoms with Crippen LogP contribution in [-0.4, -0.2) is 11.6 Å². The summed E-state index contributed by atoms with van der Waals surface area (Å²) in [5, 5.41) is 0.426. The normalized spacial score (nSPS) is 11.3. The summed E-state index contributed by atoms with van der Waals surface area (Å²) in [6.07, 6.45) is 0. The minimum absolute atomic E-state index is 0.281. The van der Waals surface area contributed by atoms with Crippen molar-refractivity contribution in [2.75, 3.05) is 5.73 Å². The van der Waals surface area contributed by atoms with E-state index in [0.29, 0.717) is 15.2 Å². The molecular formula is C11H13BrClNO2. The topological polar surface area (TPSA) is 52.3 Å². The van der Waals surface area contributed by atoms with E-state index in [-0.39, 0.29) is 5.56 Å². The quantitative estimate of drug-likeness (QED) is 0.636. The Bertz CT molecular complexity index is 427. The number of ether oxygens (including phenoxy) is 1. The van der Waals surface area contributed by atoms with Gasteiger partial charge in [0.05, 0.1) is 10.6 Å². The second-order valence-corrected chi connectivity index (χ2v) is 5.62. The molecule has 0 bridgehead atoms. The van der Waals surface area contributed by atoms with Gasteiger partial charge in [-0.2, -0.15) is 0 Å². The lowest BCUT2D eigenvalue weighted by Gasteiger charge is -2.20. The predicted octanol–water partition coefficient (Wildman–Crippen LogP) is 3.64. The zero-order chi connectivity index (χ0) is 12.5. The number of nitrogen functional groups attached to an aromatic ring is 1. The Morgan fingerprint density at radius 2 is 2.00 bits per heavy atom. The van der Waals surface area contributed by atoms with Crippen LogP contribution in [-0.2, 0) is 4.74 Å². The van der Waals surface area contributed by atoms with E-state index in [2.05, 4.69) is 15.9 Å². The number of nitrogens with two attached hydrogens (primary N) is 1. The molecule has 0 aliphatic rings. The summed E-state index contributed by atoms with van der Waals surface area (Å²) in [6, 6.07) is 3.08. The minimum Gasteiger partial charge on any atom is -0.456 e. The molecule has 0 saturated carbocycles. The van der Waals surface area contributed by atoms with Crippen LogP contribution in [0.2, 0.25) is 5.02 Å². The highest BCUT2D eigenvalue weighted by Gasteiger charge is 2.20. The van der Waals surface area contributed by atoms with Crippen LogP contribution in [0.3, 0.4) is 0 Å². The van der Waals surface area contributed by atoms with Crippen molar-refractivity contribution in [1.29, 1.82) is 0 Å². The molecule has 0 heterocycles. The molecule has 0 aliphatic carbocycles. The average Bonchev–Trinajstić information content (AvgIpc) is 2.08. The molecule has 0 amide bonds. The third kappa shape index (κ3) is 3.39. The number of halogens is 2. The van der Waals surface area contributed by atoms with Crippen molar-refractivity contribution in [2.24, 2.45) is 0 Å². The Morgan fingerprint density at radius 3 is 2.50 bits per heavy atom. The molecule has 2 N–H and O–H groups in total. The van der Waals surface area contributed by atoms with E-state index in [1.807, 2.05) is 0 Å². The molecule has 3 nitrogen and oxygen atoms in total. The molecule has 0 fully saturated rings. The first kappa shape index (κ1) is 13.3. The van der Waals surface area contributed by atoms with E-state index in [9.17, 15) is 4.79 Å². The Morgan fingerprint density at radius 1 is 1.44 bits per heavy atom. The summed E-state index contributed by atoms with van der Waals surface area (Å²) in [6.45, 7) is 5.38. The molecule has 1 rings (SSSR count). The van der Waals surface area contributed by atoms with Gasteiger partial charge < -0.3 is 10.5 Å². The van der Waals surface area contributed by atoms with Gasteiger partial charge in [-0.3, -0.25) is 0 Å². The highest BCUT2D eigenvalue weighted by Crippen LogP contribution is 2.28. The van der Waals surface area contributed by atoms with Crippen LogP contribution in [0.4, 0.5) is 5.69 Å². The van der Waals surface area contributed by atoms with Crippen LogP contribution >= 0.6 is 27.5 Å². The zero-order valence-corrected chi connectivity index (χ0v) is 11.6. The fraction of sp³-hybridized carbons (Fsp3) is 0.364. The number of esters is 1. The van der Waals surface area contributed by atoms with Gasteiger partial charge in [0.1, 0.15) is 5.60 Å². The van der Waals surface area contributed by atoms with Gasteiger partial charge in [-0.05, 0) is 48.8 Å². The van der Waals surface area contributed by atoms with Gasteiger partial charge in [0.2, 0.25) is 0 Å². The van der Waals surface area contributed by atoms with Gasteiger partial charge in [0.25, 0.3) is 0 Å². The lowest BCUT2D eigenvalue weighted by atomic mass is 10.1. The van der Waals surface area contributed by atoms with Crippen molar-refractivity contribution in [2.45, 2.75) is 26.4 Å². The van der Waals surface area contributed by atoms with Gasteiger partial charge in [-0.25, -0.2) is 4.79 Å². The fourth-order valence-corrected chi connectivity index (χ4v) is 1.60. The molecule has 0 atom stereocenters. The number of hydrogen-bond donors (Lipinski definition) is 1. The molecule has 0 saturated heterocycles. The maximum atomic E-state index is 11.8. The van der Waals surface area contributed by atoms with Crippen molar-refractivity contribution in [3.8, 4) is 0 Å². The van der Waals surface area contributed by atoms with Gasteiger partial charge >= 0.3 is 5.97 Å². The number of carbonyl (C=O) groups excluding carboxylic acids is 1. The number of benzene rings is 1. The average molecular weight is 307 g/mol. The smallest absolute Gasteiger partial charge is 0.340 e. The van der Waals surface area contributed by atoms with Crippen molar-refractivity contribution in [3.05, 3.63) is 27.2 Å². The van der Waals surface area contributed by atoms with Crippen LogP contribution in [0.1, 0.15) is 31.1 Å². The molecule has 0 spiro atoms. The van der Waals surface area contributed by atoms with Crippen LogP contribution in [0.15, 0.2) is 16.6 Å². The van der Waals surface area contributed by atoms with Gasteiger partial charge in [0, 0.05) is 10.2 Å². The second kappa shape index (κ2) is 4.63. The molecule has 0 aromatic heterocycles. The van der Waals surface area contributed by atoms with E-state index in [4.69, 9.17) is 22.1 Å². The SMILES string of the molecule is CC(C)(C)OC(=O)c1cc(Cl)c(Br)cc1N. The third-order valence-electron chi connectivity index (χ3n) is 1.71. The largest absolute Gasteiger partial charge is 0.456 e. The number of hydrogen-bond acceptors (Lipinski definition) is 3. The maximum Gasteiger partial charge on any atom is 0.340 e. The van der Waals surface area contributed by atoms with E-state index in [0.717, 1.165) is 0 Å². The van der Waals surface area contributed by atoms with Gasteiger partial charge in [-0.1, -0.05) is 11.6 Å². The van der Waals surface area contributed by atoms with E-state index < -0.39 is 11.6 Å². The highest BCUT2D eigenvalue weighted by atomic mass is 79.9. The van der Waals surface area contributed by atoms with Gasteiger partial charge in [-0.15, -0.1) is 0 Å². The zero-order valence-electron chi connectivity index (χ0n) is 9.30. The van der Waals surface area contributed by atoms with Crippen LogP contribution in [0, 0.1) is 0 Å². The molecule has 16 heavy (non-hydrogen) atoms. The number of rotatable bonds is 1. The van der Waals surface area contributed by atoms with Crippen LogP contribution in [0.5, 0.6) is 0 Å². The Balaban J connectivity index is 3.05. The first-order chi connectivity index (χ1) is 7.20. The highest BCUT2D eigenvalue weighted by molar-refractivity contribution is 9.10. The van der Waals surface area contributed by atoms with Crippen molar-refractivity contribution < 1.29 is 9.53 Å². The monoisotopic (exact) mass is 305 g/mol. The molecule has 1 aromatic rings. The molecule has 1 aromatic carbocycles. The van der Waals surface area contributed by atoms with Crippen molar-refractivity contribution in [1.82, 2.24) is 0 Å². The van der Waals surface area contributed by atoms with Crippen molar-refractivity contribution >= 4 is 39.2 Å². The summed E-state index contributed by atoms with van der Waals surface area (Å²) in [7, 11) is 0.